The summed E-state index contributed by atoms with van der Waals surface area (Å²) >= 11 is 0. The quantitative estimate of drug-likeness (QED) is 0.248. The molecule has 0 aliphatic heterocycles. The Morgan fingerprint density at radius 1 is 0.906 bits per heavy atom. The lowest BCUT2D eigenvalue weighted by atomic mass is 10.2. The maximum absolute atomic E-state index is 10.7. The Hall–Kier alpha value is -4.13. The fourth-order valence-electron chi connectivity index (χ4n) is 3.15. The molecule has 0 saturated heterocycles. The summed E-state index contributed by atoms with van der Waals surface area (Å²) in [5, 5.41) is 10.7. The van der Waals surface area contributed by atoms with E-state index in [2.05, 4.69) is 4.98 Å². The Bertz CT molecular complexity index is 1170. The number of ether oxygens (including phenoxy) is 2. The van der Waals surface area contributed by atoms with Crippen molar-refractivity contribution in [2.45, 2.75) is 20.0 Å². The third kappa shape index (κ3) is 5.31. The summed E-state index contributed by atoms with van der Waals surface area (Å²) < 4.78 is 17.3. The molecule has 7 nitrogen and oxygen atoms in total. The van der Waals surface area contributed by atoms with E-state index >= 15 is 0 Å². The number of nitro groups is 1. The van der Waals surface area contributed by atoms with Crippen molar-refractivity contribution in [1.29, 1.82) is 0 Å². The van der Waals surface area contributed by atoms with Crippen LogP contribution in [0.25, 0.3) is 11.5 Å². The van der Waals surface area contributed by atoms with Crippen LogP contribution in [0.5, 0.6) is 11.5 Å². The van der Waals surface area contributed by atoms with Crippen LogP contribution in [0.2, 0.25) is 0 Å². The Balaban J connectivity index is 1.32. The molecule has 1 aromatic heterocycles. The predicted molar refractivity (Wildman–Crippen MR) is 120 cm³/mol. The maximum Gasteiger partial charge on any atom is 0.269 e. The molecular weight excluding hydrogens is 408 g/mol. The molecule has 0 spiro atoms. The molecule has 0 atom stereocenters. The van der Waals surface area contributed by atoms with Gasteiger partial charge in [0.25, 0.3) is 5.69 Å². The van der Waals surface area contributed by atoms with Crippen molar-refractivity contribution in [3.63, 3.8) is 0 Å². The summed E-state index contributed by atoms with van der Waals surface area (Å²) in [5.41, 5.74) is 2.82. The number of hydrogen-bond acceptors (Lipinski definition) is 6. The lowest BCUT2D eigenvalue weighted by Gasteiger charge is -2.06. The first-order valence-electron chi connectivity index (χ1n) is 10.2. The van der Waals surface area contributed by atoms with Gasteiger partial charge in [-0.05, 0) is 48.9 Å². The molecule has 0 amide bonds. The number of oxazole rings is 1. The van der Waals surface area contributed by atoms with Crippen LogP contribution in [0.15, 0.2) is 83.3 Å². The summed E-state index contributed by atoms with van der Waals surface area (Å²) in [6.45, 7) is 2.77. The number of aryl methyl sites for hydroxylation is 1. The first-order valence-corrected chi connectivity index (χ1v) is 10.2. The van der Waals surface area contributed by atoms with Gasteiger partial charge >= 0.3 is 0 Å². The molecule has 0 bridgehead atoms. The minimum atomic E-state index is -0.438. The van der Waals surface area contributed by atoms with Crippen LogP contribution in [0, 0.1) is 17.0 Å². The van der Waals surface area contributed by atoms with Crippen LogP contribution in [0.1, 0.15) is 17.0 Å². The molecule has 3 aromatic carbocycles. The smallest absolute Gasteiger partial charge is 0.269 e. The van der Waals surface area contributed by atoms with Crippen molar-refractivity contribution in [3.05, 3.63) is 106 Å². The molecule has 32 heavy (non-hydrogen) atoms. The molecule has 162 valence electrons. The summed E-state index contributed by atoms with van der Waals surface area (Å²) in [6, 6.07) is 23.6. The number of hydrogen-bond donors (Lipinski definition) is 0. The number of rotatable bonds is 9. The highest BCUT2D eigenvalue weighted by molar-refractivity contribution is 5.55. The van der Waals surface area contributed by atoms with Gasteiger partial charge in [0.2, 0.25) is 5.89 Å². The van der Waals surface area contributed by atoms with E-state index in [4.69, 9.17) is 13.9 Å². The molecule has 0 fully saturated rings. The van der Waals surface area contributed by atoms with Gasteiger partial charge < -0.3 is 13.9 Å². The van der Waals surface area contributed by atoms with Crippen molar-refractivity contribution in [3.8, 4) is 23.0 Å². The van der Waals surface area contributed by atoms with Gasteiger partial charge in [-0.15, -0.1) is 0 Å². The maximum atomic E-state index is 10.7. The molecule has 0 N–H and O–H groups in total. The molecule has 0 saturated carbocycles. The van der Waals surface area contributed by atoms with Gasteiger partial charge in [-0.3, -0.25) is 10.1 Å². The topological polar surface area (TPSA) is 87.6 Å². The Morgan fingerprint density at radius 2 is 1.56 bits per heavy atom. The van der Waals surface area contributed by atoms with Crippen molar-refractivity contribution < 1.29 is 18.8 Å². The normalized spacial score (nSPS) is 10.7. The van der Waals surface area contributed by atoms with Gasteiger partial charge in [0.05, 0.1) is 17.2 Å². The van der Waals surface area contributed by atoms with E-state index in [0.29, 0.717) is 31.3 Å². The van der Waals surface area contributed by atoms with Crippen molar-refractivity contribution >= 4 is 5.69 Å². The second kappa shape index (κ2) is 9.78. The van der Waals surface area contributed by atoms with Gasteiger partial charge in [0, 0.05) is 24.1 Å². The molecule has 0 unspecified atom stereocenters. The predicted octanol–water partition coefficient (Wildman–Crippen LogP) is 5.76. The van der Waals surface area contributed by atoms with Crippen LogP contribution in [-0.4, -0.2) is 16.5 Å². The lowest BCUT2D eigenvalue weighted by molar-refractivity contribution is -0.384. The Kier molecular flexibility index (Phi) is 6.46. The Labute approximate surface area is 185 Å². The summed E-state index contributed by atoms with van der Waals surface area (Å²) in [4.78, 5) is 14.9. The molecular formula is C25H22N2O5. The highest BCUT2D eigenvalue weighted by Crippen LogP contribution is 2.25. The number of nitrogens with zero attached hydrogens (tertiary/aromatic N) is 2. The van der Waals surface area contributed by atoms with Crippen molar-refractivity contribution in [2.24, 2.45) is 0 Å². The van der Waals surface area contributed by atoms with E-state index in [0.717, 1.165) is 28.3 Å². The van der Waals surface area contributed by atoms with Crippen molar-refractivity contribution in [2.75, 3.05) is 6.61 Å². The van der Waals surface area contributed by atoms with Gasteiger partial charge in [-0.2, -0.15) is 0 Å². The van der Waals surface area contributed by atoms with Gasteiger partial charge in [-0.25, -0.2) is 4.98 Å². The second-order valence-corrected chi connectivity index (χ2v) is 7.17. The van der Waals surface area contributed by atoms with E-state index < -0.39 is 4.92 Å². The zero-order chi connectivity index (χ0) is 22.3. The summed E-state index contributed by atoms with van der Waals surface area (Å²) in [6.07, 6.45) is 0.560. The highest BCUT2D eigenvalue weighted by atomic mass is 16.6. The van der Waals surface area contributed by atoms with E-state index in [1.165, 1.54) is 12.1 Å². The highest BCUT2D eigenvalue weighted by Gasteiger charge is 2.12. The molecule has 0 radical (unpaired) electrons. The second-order valence-electron chi connectivity index (χ2n) is 7.17. The number of nitro benzene ring substituents is 1. The lowest BCUT2D eigenvalue weighted by Crippen LogP contribution is -2.02. The zero-order valence-corrected chi connectivity index (χ0v) is 17.6. The molecule has 4 aromatic rings. The summed E-state index contributed by atoms with van der Waals surface area (Å²) in [5.74, 6) is 2.62. The largest absolute Gasteiger partial charge is 0.493 e. The fraction of sp³-hybridized carbons (Fsp3) is 0.160. The van der Waals surface area contributed by atoms with E-state index in [1.807, 2.05) is 61.5 Å². The third-order valence-electron chi connectivity index (χ3n) is 4.90. The third-order valence-corrected chi connectivity index (χ3v) is 4.90. The minimum Gasteiger partial charge on any atom is -0.493 e. The van der Waals surface area contributed by atoms with Gasteiger partial charge in [0.1, 0.15) is 23.9 Å². The average molecular weight is 430 g/mol. The molecule has 0 aliphatic rings. The van der Waals surface area contributed by atoms with E-state index in [-0.39, 0.29) is 5.69 Å². The first kappa shape index (κ1) is 21.1. The number of benzene rings is 3. The molecule has 0 aliphatic carbocycles. The molecule has 4 rings (SSSR count). The monoisotopic (exact) mass is 430 g/mol. The zero-order valence-electron chi connectivity index (χ0n) is 17.6. The van der Waals surface area contributed by atoms with Crippen molar-refractivity contribution in [1.82, 2.24) is 4.98 Å². The van der Waals surface area contributed by atoms with Crippen LogP contribution >= 0.6 is 0 Å². The van der Waals surface area contributed by atoms with E-state index in [9.17, 15) is 10.1 Å². The van der Waals surface area contributed by atoms with Gasteiger partial charge in [-0.1, -0.05) is 30.3 Å². The number of aromatic nitrogens is 1. The first-order chi connectivity index (χ1) is 15.6. The standard InChI is InChI=1S/C25H22N2O5/c1-18-24(15-16-30-22-13-9-21(10-14-22)27(28)29)26-25(32-18)20-7-11-23(12-8-20)31-17-19-5-3-2-4-6-19/h2-14H,15-17H2,1H3. The van der Waals surface area contributed by atoms with Crippen LogP contribution in [0.4, 0.5) is 5.69 Å². The number of non-ortho nitro benzene ring substituents is 1. The Morgan fingerprint density at radius 3 is 2.25 bits per heavy atom. The van der Waals surface area contributed by atoms with Crippen LogP contribution < -0.4 is 9.47 Å². The average Bonchev–Trinajstić information content (AvgIpc) is 3.19. The molecule has 7 heteroatoms. The van der Waals surface area contributed by atoms with Crippen LogP contribution in [0.3, 0.4) is 0 Å². The molecule has 1 heterocycles. The SMILES string of the molecule is Cc1oc(-c2ccc(OCc3ccccc3)cc2)nc1CCOc1ccc([N+](=O)[O-])cc1. The van der Waals surface area contributed by atoms with Gasteiger partial charge in [0.15, 0.2) is 0 Å². The minimum absolute atomic E-state index is 0.0332. The van der Waals surface area contributed by atoms with E-state index in [1.54, 1.807) is 12.1 Å². The van der Waals surface area contributed by atoms with Crippen LogP contribution in [-0.2, 0) is 13.0 Å². The fourth-order valence-corrected chi connectivity index (χ4v) is 3.15. The summed E-state index contributed by atoms with van der Waals surface area (Å²) in [7, 11) is 0.